The molecule has 19 heavy (non-hydrogen) atoms. The smallest absolute Gasteiger partial charge is 0.324 e. The van der Waals surface area contributed by atoms with Crippen LogP contribution in [0.5, 0.6) is 0 Å². The normalized spacial score (nSPS) is 40.5. The van der Waals surface area contributed by atoms with Crippen LogP contribution in [-0.4, -0.2) is 34.9 Å². The third-order valence-electron chi connectivity index (χ3n) is 4.80. The molecular formula is C14H22O5. The molecule has 3 unspecified atom stereocenters. The molecule has 1 N–H and O–H groups in total. The fourth-order valence-corrected chi connectivity index (χ4v) is 3.73. The topological polar surface area (TPSA) is 72.8 Å². The van der Waals surface area contributed by atoms with Crippen molar-refractivity contribution >= 4 is 11.9 Å². The van der Waals surface area contributed by atoms with Crippen molar-refractivity contribution in [3.8, 4) is 0 Å². The van der Waals surface area contributed by atoms with Crippen LogP contribution in [-0.2, 0) is 19.1 Å². The molecule has 1 heterocycles. The predicted octanol–water partition coefficient (Wildman–Crippen LogP) is 1.42. The van der Waals surface area contributed by atoms with Crippen molar-refractivity contribution in [2.75, 3.05) is 6.61 Å². The maximum atomic E-state index is 12.1. The highest BCUT2D eigenvalue weighted by Gasteiger charge is 2.73. The third kappa shape index (κ3) is 1.71. The zero-order valence-electron chi connectivity index (χ0n) is 12.0. The minimum absolute atomic E-state index is 0.176. The number of hydrogen-bond acceptors (Lipinski definition) is 5. The Morgan fingerprint density at radius 2 is 2.05 bits per heavy atom. The summed E-state index contributed by atoms with van der Waals surface area (Å²) in [4.78, 5) is 24.1. The number of ether oxygens (including phenoxy) is 2. The van der Waals surface area contributed by atoms with E-state index in [0.29, 0.717) is 6.42 Å². The van der Waals surface area contributed by atoms with Crippen molar-refractivity contribution in [1.29, 1.82) is 0 Å². The van der Waals surface area contributed by atoms with Crippen molar-refractivity contribution in [2.24, 2.45) is 11.3 Å². The van der Waals surface area contributed by atoms with Gasteiger partial charge in [-0.1, -0.05) is 13.8 Å². The number of carbonyl (C=O) groups is 2. The molecule has 0 bridgehead atoms. The molecule has 2 fully saturated rings. The van der Waals surface area contributed by atoms with Crippen molar-refractivity contribution in [3.05, 3.63) is 0 Å². The Hall–Kier alpha value is -1.10. The quantitative estimate of drug-likeness (QED) is 0.607. The summed E-state index contributed by atoms with van der Waals surface area (Å²) in [6.07, 6.45) is 2.16. The van der Waals surface area contributed by atoms with Crippen LogP contribution in [0.3, 0.4) is 0 Å². The molecule has 2 aliphatic rings. The van der Waals surface area contributed by atoms with Gasteiger partial charge in [0, 0.05) is 0 Å². The van der Waals surface area contributed by atoms with E-state index in [4.69, 9.17) is 9.47 Å². The summed E-state index contributed by atoms with van der Waals surface area (Å²) in [5, 5.41) is 11.2. The molecule has 0 spiro atoms. The largest absolute Gasteiger partial charge is 0.465 e. The van der Waals surface area contributed by atoms with Gasteiger partial charge < -0.3 is 14.6 Å². The molecule has 0 aromatic rings. The van der Waals surface area contributed by atoms with E-state index in [9.17, 15) is 14.7 Å². The SMILES string of the molecule is CCOC(=O)C1C(=O)OC2(C)CCCC(C)(C)C12O. The Balaban J connectivity index is 2.49. The zero-order chi connectivity index (χ0) is 14.5. The lowest BCUT2D eigenvalue weighted by molar-refractivity contribution is -0.210. The average molecular weight is 270 g/mol. The van der Waals surface area contributed by atoms with Gasteiger partial charge in [-0.15, -0.1) is 0 Å². The summed E-state index contributed by atoms with van der Waals surface area (Å²) in [6.45, 7) is 7.31. The highest BCUT2D eigenvalue weighted by molar-refractivity contribution is 5.99. The molecule has 5 heteroatoms. The van der Waals surface area contributed by atoms with E-state index in [1.165, 1.54) is 0 Å². The average Bonchev–Trinajstić information content (AvgIpc) is 2.47. The predicted molar refractivity (Wildman–Crippen MR) is 67.2 cm³/mol. The highest BCUT2D eigenvalue weighted by Crippen LogP contribution is 2.58. The number of esters is 2. The van der Waals surface area contributed by atoms with Crippen molar-refractivity contribution in [2.45, 2.75) is 58.2 Å². The number of rotatable bonds is 2. The van der Waals surface area contributed by atoms with E-state index in [-0.39, 0.29) is 6.61 Å². The van der Waals surface area contributed by atoms with E-state index in [0.717, 1.165) is 12.8 Å². The summed E-state index contributed by atoms with van der Waals surface area (Å²) in [6, 6.07) is 0. The third-order valence-corrected chi connectivity index (χ3v) is 4.80. The van der Waals surface area contributed by atoms with Gasteiger partial charge in [-0.25, -0.2) is 0 Å². The molecule has 0 amide bonds. The molecule has 1 saturated heterocycles. The summed E-state index contributed by atoms with van der Waals surface area (Å²) < 4.78 is 10.3. The first-order chi connectivity index (χ1) is 8.69. The molecule has 5 nitrogen and oxygen atoms in total. The first-order valence-electron chi connectivity index (χ1n) is 6.81. The van der Waals surface area contributed by atoms with Gasteiger partial charge in [0.2, 0.25) is 0 Å². The summed E-state index contributed by atoms with van der Waals surface area (Å²) in [5.74, 6) is -2.60. The van der Waals surface area contributed by atoms with Gasteiger partial charge in [0.15, 0.2) is 5.92 Å². The van der Waals surface area contributed by atoms with Crippen molar-refractivity contribution < 1.29 is 24.2 Å². The van der Waals surface area contributed by atoms with Crippen LogP contribution in [0.15, 0.2) is 0 Å². The van der Waals surface area contributed by atoms with E-state index < -0.39 is 34.5 Å². The lowest BCUT2D eigenvalue weighted by atomic mass is 9.55. The fraction of sp³-hybridized carbons (Fsp3) is 0.857. The number of hydrogen-bond donors (Lipinski definition) is 1. The van der Waals surface area contributed by atoms with Gasteiger partial charge >= 0.3 is 11.9 Å². The second-order valence-corrected chi connectivity index (χ2v) is 6.34. The van der Waals surface area contributed by atoms with Crippen LogP contribution in [0.2, 0.25) is 0 Å². The first kappa shape index (κ1) is 14.3. The van der Waals surface area contributed by atoms with Gasteiger partial charge in [0.05, 0.1) is 6.61 Å². The Labute approximate surface area is 113 Å². The maximum Gasteiger partial charge on any atom is 0.324 e. The molecular weight excluding hydrogens is 248 g/mol. The van der Waals surface area contributed by atoms with Crippen LogP contribution in [0.4, 0.5) is 0 Å². The van der Waals surface area contributed by atoms with Gasteiger partial charge in [-0.05, 0) is 38.5 Å². The van der Waals surface area contributed by atoms with E-state index in [2.05, 4.69) is 0 Å². The van der Waals surface area contributed by atoms with Crippen molar-refractivity contribution in [3.63, 3.8) is 0 Å². The number of aliphatic hydroxyl groups is 1. The Kier molecular flexibility index (Phi) is 3.16. The molecule has 108 valence electrons. The maximum absolute atomic E-state index is 12.1. The highest BCUT2D eigenvalue weighted by atomic mass is 16.6. The minimum atomic E-state index is -1.51. The van der Waals surface area contributed by atoms with Crippen LogP contribution in [0.1, 0.15) is 47.0 Å². The van der Waals surface area contributed by atoms with E-state index >= 15 is 0 Å². The van der Waals surface area contributed by atoms with Crippen molar-refractivity contribution in [1.82, 2.24) is 0 Å². The Morgan fingerprint density at radius 3 is 2.63 bits per heavy atom. The van der Waals surface area contributed by atoms with E-state index in [1.54, 1.807) is 13.8 Å². The van der Waals surface area contributed by atoms with E-state index in [1.807, 2.05) is 13.8 Å². The molecule has 0 aromatic carbocycles. The van der Waals surface area contributed by atoms with Gasteiger partial charge in [0.1, 0.15) is 11.2 Å². The van der Waals surface area contributed by atoms with Crippen LogP contribution in [0.25, 0.3) is 0 Å². The van der Waals surface area contributed by atoms with Gasteiger partial charge in [-0.3, -0.25) is 9.59 Å². The summed E-state index contributed by atoms with van der Waals surface area (Å²) in [7, 11) is 0. The minimum Gasteiger partial charge on any atom is -0.465 e. The van der Waals surface area contributed by atoms with Crippen LogP contribution in [0, 0.1) is 11.3 Å². The lowest BCUT2D eigenvalue weighted by Gasteiger charge is -2.52. The fourth-order valence-electron chi connectivity index (χ4n) is 3.73. The monoisotopic (exact) mass is 270 g/mol. The summed E-state index contributed by atoms with van der Waals surface area (Å²) >= 11 is 0. The molecule has 1 saturated carbocycles. The lowest BCUT2D eigenvalue weighted by Crippen LogP contribution is -2.65. The number of carbonyl (C=O) groups excluding carboxylic acids is 2. The first-order valence-corrected chi connectivity index (χ1v) is 6.81. The van der Waals surface area contributed by atoms with Crippen LogP contribution >= 0.6 is 0 Å². The van der Waals surface area contributed by atoms with Crippen LogP contribution < -0.4 is 0 Å². The standard InChI is InChI=1S/C14H22O5/c1-5-18-10(15)9-11(16)19-13(4)8-6-7-12(2,3)14(9,13)17/h9,17H,5-8H2,1-4H3. The second-order valence-electron chi connectivity index (χ2n) is 6.34. The van der Waals surface area contributed by atoms with Gasteiger partial charge in [-0.2, -0.15) is 0 Å². The molecule has 3 atom stereocenters. The molecule has 1 aliphatic heterocycles. The molecule has 2 rings (SSSR count). The number of fused-ring (bicyclic) bond motifs is 1. The van der Waals surface area contributed by atoms with Gasteiger partial charge in [0.25, 0.3) is 0 Å². The summed E-state index contributed by atoms with van der Waals surface area (Å²) in [5.41, 5.74) is -3.10. The second kappa shape index (κ2) is 4.20. The Bertz CT molecular complexity index is 408. The Morgan fingerprint density at radius 1 is 1.42 bits per heavy atom. The molecule has 0 aromatic heterocycles. The molecule has 0 radical (unpaired) electrons. The zero-order valence-corrected chi connectivity index (χ0v) is 12.0. The molecule has 1 aliphatic carbocycles.